The van der Waals surface area contributed by atoms with Crippen molar-refractivity contribution in [1.29, 1.82) is 0 Å². The highest BCUT2D eigenvalue weighted by molar-refractivity contribution is 8.10. The molecule has 0 radical (unpaired) electrons. The van der Waals surface area contributed by atoms with E-state index in [1.165, 1.54) is 0 Å². The van der Waals surface area contributed by atoms with Crippen LogP contribution in [-0.2, 0) is 13.1 Å². The van der Waals surface area contributed by atoms with Gasteiger partial charge >= 0.3 is 9.33 Å². The predicted octanol–water partition coefficient (Wildman–Crippen LogP) is 1.06. The molecular weight excluding hydrogens is 186 g/mol. The Morgan fingerprint density at radius 3 is 1.57 bits per heavy atom. The number of hydrogen-bond acceptors (Lipinski definition) is 3. The molecule has 0 heterocycles. The average molecular weight is 187 g/mol. The summed E-state index contributed by atoms with van der Waals surface area (Å²) in [6.07, 6.45) is 0. The van der Waals surface area contributed by atoms with Crippen LogP contribution in [0.1, 0.15) is 0 Å². The highest BCUT2D eigenvalue weighted by Gasteiger charge is 1.98. The monoisotopic (exact) mass is 186 g/mol. The van der Waals surface area contributed by atoms with E-state index in [4.69, 9.17) is 0 Å². The van der Waals surface area contributed by atoms with E-state index in [9.17, 15) is 8.42 Å². The second kappa shape index (κ2) is 3.74. The largest absolute Gasteiger partial charge is 0.371 e. The van der Waals surface area contributed by atoms with Gasteiger partial charge in [0, 0.05) is 0 Å². The number of hydrogen-bond donors (Lipinski definition) is 0. The summed E-state index contributed by atoms with van der Waals surface area (Å²) in [7, 11) is 0.411. The average Bonchev–Trinajstić information content (AvgIpc) is 1.35. The lowest BCUT2D eigenvalue weighted by Crippen LogP contribution is -1.82. The van der Waals surface area contributed by atoms with E-state index in [1.54, 1.807) is 0 Å². The SMILES string of the molecule is Cl.O=S(=O)(Cl)OCl. The molecule has 0 aliphatic rings. The van der Waals surface area contributed by atoms with Crippen LogP contribution in [0.4, 0.5) is 0 Å². The third-order valence-corrected chi connectivity index (χ3v) is 1.11. The fourth-order valence-corrected chi connectivity index (χ4v) is 0. The van der Waals surface area contributed by atoms with Gasteiger partial charge in [0.1, 0.15) is 0 Å². The van der Waals surface area contributed by atoms with Crippen LogP contribution in [0.25, 0.3) is 0 Å². The summed E-state index contributed by atoms with van der Waals surface area (Å²) in [5, 5.41) is 0. The maximum Gasteiger partial charge on any atom is 0.371 e. The zero-order valence-corrected chi connectivity index (χ0v) is 5.94. The minimum atomic E-state index is -3.92. The highest BCUT2D eigenvalue weighted by Crippen LogP contribution is 1.99. The summed E-state index contributed by atoms with van der Waals surface area (Å²) in [6, 6.07) is 0. The predicted molar refractivity (Wildman–Crippen MR) is 29.0 cm³/mol. The van der Waals surface area contributed by atoms with Crippen molar-refractivity contribution in [2.45, 2.75) is 0 Å². The molecule has 0 amide bonds. The van der Waals surface area contributed by atoms with Gasteiger partial charge in [-0.3, -0.25) is 0 Å². The van der Waals surface area contributed by atoms with Gasteiger partial charge in [-0.15, -0.1) is 16.1 Å². The van der Waals surface area contributed by atoms with Crippen molar-refractivity contribution in [3.8, 4) is 0 Å². The molecule has 0 fully saturated rings. The first kappa shape index (κ1) is 10.7. The molecule has 0 unspecified atom stereocenters. The van der Waals surface area contributed by atoms with Crippen molar-refractivity contribution >= 4 is 44.3 Å². The van der Waals surface area contributed by atoms with Crippen LogP contribution in [0.2, 0.25) is 0 Å². The maximum atomic E-state index is 9.41. The lowest BCUT2D eigenvalue weighted by atomic mass is 15.8. The smallest absolute Gasteiger partial charge is 0.180 e. The fourth-order valence-electron chi connectivity index (χ4n) is 0. The molecule has 3 nitrogen and oxygen atoms in total. The van der Waals surface area contributed by atoms with E-state index in [-0.39, 0.29) is 12.4 Å². The molecule has 0 N–H and O–H groups in total. The van der Waals surface area contributed by atoms with Gasteiger partial charge in [-0.1, -0.05) is 0 Å². The van der Waals surface area contributed by atoms with Crippen LogP contribution in [0.3, 0.4) is 0 Å². The zero-order chi connectivity index (χ0) is 5.21. The van der Waals surface area contributed by atoms with Crippen molar-refractivity contribution in [1.82, 2.24) is 0 Å². The first-order valence-corrected chi connectivity index (χ1v) is 3.35. The molecule has 7 heavy (non-hydrogen) atoms. The first-order chi connectivity index (χ1) is 2.56. The Bertz CT molecular complexity index is 112. The highest BCUT2D eigenvalue weighted by atomic mass is 35.7. The lowest BCUT2D eigenvalue weighted by molar-refractivity contribution is 0.527. The number of halogens is 3. The standard InChI is InChI=1S/Cl2O3S.ClH/c1-5-6(2,3)4;/h;1H. The molecule has 0 aromatic carbocycles. The summed E-state index contributed by atoms with van der Waals surface area (Å²) in [4.78, 5) is 0. The Kier molecular flexibility index (Phi) is 5.72. The molecule has 46 valence electrons. The third kappa shape index (κ3) is 10.8. The summed E-state index contributed by atoms with van der Waals surface area (Å²) in [5.41, 5.74) is 0. The van der Waals surface area contributed by atoms with Gasteiger partial charge in [-0.25, -0.2) is 0 Å². The molecule has 0 saturated carbocycles. The summed E-state index contributed by atoms with van der Waals surface area (Å²) >= 11 is 4.26. The van der Waals surface area contributed by atoms with Crippen LogP contribution < -0.4 is 0 Å². The van der Waals surface area contributed by atoms with Crippen LogP contribution >= 0.6 is 35.0 Å². The fraction of sp³-hybridized carbons (Fsp3) is 0. The molecule has 7 heteroatoms. The van der Waals surface area contributed by atoms with E-state index in [2.05, 4.69) is 26.3 Å². The Balaban J connectivity index is 0. The Hall–Kier alpha value is 0.780. The Labute approximate surface area is 56.8 Å². The molecule has 0 spiro atoms. The molecular formula is HCl3O3S. The number of rotatable bonds is 1. The molecule has 0 aliphatic heterocycles. The van der Waals surface area contributed by atoms with E-state index in [0.717, 1.165) is 0 Å². The van der Waals surface area contributed by atoms with Gasteiger partial charge in [-0.2, -0.15) is 8.42 Å². The second-order valence-electron chi connectivity index (χ2n) is 0.456. The van der Waals surface area contributed by atoms with Crippen LogP contribution in [0, 0.1) is 0 Å². The second-order valence-corrected chi connectivity index (χ2v) is 2.88. The minimum Gasteiger partial charge on any atom is -0.180 e. The van der Waals surface area contributed by atoms with Gasteiger partial charge in [-0.05, 0) is 0 Å². The molecule has 0 aromatic rings. The first-order valence-electron chi connectivity index (χ1n) is 0.809. The summed E-state index contributed by atoms with van der Waals surface area (Å²) in [6.45, 7) is 0. The minimum absolute atomic E-state index is 0. The van der Waals surface area contributed by atoms with Crippen molar-refractivity contribution in [2.75, 3.05) is 0 Å². The van der Waals surface area contributed by atoms with Gasteiger partial charge in [0.15, 0.2) is 0 Å². The maximum absolute atomic E-state index is 9.41. The van der Waals surface area contributed by atoms with Crippen LogP contribution in [0.5, 0.6) is 0 Å². The van der Waals surface area contributed by atoms with E-state index in [1.807, 2.05) is 0 Å². The van der Waals surface area contributed by atoms with Crippen LogP contribution in [0.15, 0.2) is 0 Å². The third-order valence-electron chi connectivity index (χ3n) is 0.0752. The quantitative estimate of drug-likeness (QED) is 0.577. The molecule has 0 bridgehead atoms. The van der Waals surface area contributed by atoms with Gasteiger partial charge < -0.3 is 0 Å². The molecule has 0 aliphatic carbocycles. The molecule has 0 rings (SSSR count). The topological polar surface area (TPSA) is 43.4 Å². The zero-order valence-electron chi connectivity index (χ0n) is 2.80. The van der Waals surface area contributed by atoms with Crippen molar-refractivity contribution in [3.05, 3.63) is 0 Å². The van der Waals surface area contributed by atoms with Crippen LogP contribution in [-0.4, -0.2) is 8.42 Å². The van der Waals surface area contributed by atoms with Crippen molar-refractivity contribution in [2.24, 2.45) is 0 Å². The lowest BCUT2D eigenvalue weighted by Gasteiger charge is -1.75. The van der Waals surface area contributed by atoms with E-state index in [0.29, 0.717) is 0 Å². The van der Waals surface area contributed by atoms with Gasteiger partial charge in [0.05, 0.1) is 22.5 Å². The molecule has 0 atom stereocenters. The van der Waals surface area contributed by atoms with E-state index < -0.39 is 9.33 Å². The summed E-state index contributed by atoms with van der Waals surface area (Å²) in [5.74, 6) is 0. The van der Waals surface area contributed by atoms with Gasteiger partial charge in [0.25, 0.3) is 0 Å². The molecule has 0 saturated heterocycles. The van der Waals surface area contributed by atoms with Gasteiger partial charge in [0.2, 0.25) is 0 Å². The Morgan fingerprint density at radius 2 is 1.57 bits per heavy atom. The summed E-state index contributed by atoms with van der Waals surface area (Å²) < 4.78 is 22.0. The van der Waals surface area contributed by atoms with E-state index >= 15 is 0 Å². The van der Waals surface area contributed by atoms with Crippen molar-refractivity contribution < 1.29 is 12.2 Å². The normalized spacial score (nSPS) is 10.0. The molecule has 0 aromatic heterocycles. The van der Waals surface area contributed by atoms with Crippen molar-refractivity contribution in [3.63, 3.8) is 0 Å². The Morgan fingerprint density at radius 1 is 1.43 bits per heavy atom.